The number of aromatic nitrogens is 2. The van der Waals surface area contributed by atoms with E-state index < -0.39 is 11.2 Å². The molecule has 0 bridgehead atoms. The highest BCUT2D eigenvalue weighted by Gasteiger charge is 2.11. The molecule has 2 rings (SSSR count). The van der Waals surface area contributed by atoms with Crippen LogP contribution in [0.5, 0.6) is 5.75 Å². The largest absolute Gasteiger partial charge is 0.495 e. The number of anilines is 1. The highest BCUT2D eigenvalue weighted by Crippen LogP contribution is 2.23. The summed E-state index contributed by atoms with van der Waals surface area (Å²) in [7, 11) is 1.50. The van der Waals surface area contributed by atoms with Crippen molar-refractivity contribution in [2.24, 2.45) is 0 Å². The Morgan fingerprint density at radius 2 is 2.00 bits per heavy atom. The Bertz CT molecular complexity index is 700. The molecule has 0 aliphatic carbocycles. The third-order valence-electron chi connectivity index (χ3n) is 2.55. The molecule has 0 radical (unpaired) electrons. The van der Waals surface area contributed by atoms with E-state index in [-0.39, 0.29) is 5.82 Å². The van der Waals surface area contributed by atoms with E-state index in [1.165, 1.54) is 11.7 Å². The molecule has 18 heavy (non-hydrogen) atoms. The Morgan fingerprint density at radius 3 is 2.61 bits per heavy atom. The first-order chi connectivity index (χ1) is 8.52. The summed E-state index contributed by atoms with van der Waals surface area (Å²) in [6.45, 7) is 1.88. The molecule has 0 unspecified atom stereocenters. The normalized spacial score (nSPS) is 10.3. The Balaban J connectivity index is 2.80. The van der Waals surface area contributed by atoms with Gasteiger partial charge in [0.2, 0.25) is 0 Å². The number of hydrogen-bond acceptors (Lipinski definition) is 4. The van der Waals surface area contributed by atoms with Crippen LogP contribution in [0.1, 0.15) is 5.56 Å². The zero-order valence-electron chi connectivity index (χ0n) is 10.1. The predicted octanol–water partition coefficient (Wildman–Crippen LogP) is 0.425. The fourth-order valence-electron chi connectivity index (χ4n) is 1.74. The van der Waals surface area contributed by atoms with Gasteiger partial charge in [0.1, 0.15) is 11.6 Å². The summed E-state index contributed by atoms with van der Waals surface area (Å²) in [5.41, 5.74) is 6.04. The average molecular weight is 247 g/mol. The molecule has 0 aliphatic heterocycles. The van der Waals surface area contributed by atoms with E-state index in [2.05, 4.69) is 4.98 Å². The number of H-pyrrole nitrogens is 1. The fourth-order valence-corrected chi connectivity index (χ4v) is 1.74. The second kappa shape index (κ2) is 4.40. The van der Waals surface area contributed by atoms with Gasteiger partial charge < -0.3 is 10.5 Å². The van der Waals surface area contributed by atoms with Crippen molar-refractivity contribution in [1.82, 2.24) is 9.55 Å². The van der Waals surface area contributed by atoms with Gasteiger partial charge in [-0.15, -0.1) is 0 Å². The van der Waals surface area contributed by atoms with Crippen molar-refractivity contribution >= 4 is 5.82 Å². The van der Waals surface area contributed by atoms with Crippen LogP contribution in [0.4, 0.5) is 5.82 Å². The number of aromatic amines is 1. The summed E-state index contributed by atoms with van der Waals surface area (Å²) in [6, 6.07) is 6.51. The van der Waals surface area contributed by atoms with Crippen LogP contribution in [0.2, 0.25) is 0 Å². The first kappa shape index (κ1) is 12.0. The second-order valence-corrected chi connectivity index (χ2v) is 3.87. The fraction of sp³-hybridized carbons (Fsp3) is 0.167. The molecule has 94 valence electrons. The van der Waals surface area contributed by atoms with Gasteiger partial charge in [0.25, 0.3) is 5.56 Å². The third kappa shape index (κ3) is 2.00. The minimum Gasteiger partial charge on any atom is -0.495 e. The van der Waals surface area contributed by atoms with E-state index in [1.54, 1.807) is 12.1 Å². The Morgan fingerprint density at radius 1 is 1.28 bits per heavy atom. The van der Waals surface area contributed by atoms with Gasteiger partial charge in [-0.25, -0.2) is 9.36 Å². The van der Waals surface area contributed by atoms with Crippen molar-refractivity contribution in [3.8, 4) is 11.4 Å². The Labute approximate surface area is 103 Å². The van der Waals surface area contributed by atoms with Crippen molar-refractivity contribution in [3.63, 3.8) is 0 Å². The van der Waals surface area contributed by atoms with Gasteiger partial charge in [0, 0.05) is 6.07 Å². The van der Waals surface area contributed by atoms with E-state index in [0.29, 0.717) is 11.4 Å². The quantitative estimate of drug-likeness (QED) is 0.805. The summed E-state index contributed by atoms with van der Waals surface area (Å²) in [5.74, 6) is 0.564. The van der Waals surface area contributed by atoms with Crippen molar-refractivity contribution in [2.75, 3.05) is 12.8 Å². The summed E-state index contributed by atoms with van der Waals surface area (Å²) in [4.78, 5) is 25.1. The van der Waals surface area contributed by atoms with Crippen LogP contribution < -0.4 is 21.7 Å². The zero-order chi connectivity index (χ0) is 13.3. The Kier molecular flexibility index (Phi) is 2.93. The molecular weight excluding hydrogens is 234 g/mol. The van der Waals surface area contributed by atoms with Crippen molar-refractivity contribution in [1.29, 1.82) is 0 Å². The number of aryl methyl sites for hydroxylation is 1. The van der Waals surface area contributed by atoms with Gasteiger partial charge in [-0.05, 0) is 24.6 Å². The molecule has 0 atom stereocenters. The summed E-state index contributed by atoms with van der Waals surface area (Å²) in [6.07, 6.45) is 0. The molecule has 0 saturated heterocycles. The number of rotatable bonds is 2. The van der Waals surface area contributed by atoms with Gasteiger partial charge >= 0.3 is 5.69 Å². The van der Waals surface area contributed by atoms with E-state index in [9.17, 15) is 9.59 Å². The molecule has 6 nitrogen and oxygen atoms in total. The molecule has 2 aromatic rings. The molecule has 6 heteroatoms. The molecule has 0 saturated carbocycles. The molecular formula is C12H13N3O3. The maximum absolute atomic E-state index is 11.8. The van der Waals surface area contributed by atoms with Crippen LogP contribution >= 0.6 is 0 Å². The molecule has 0 spiro atoms. The first-order valence-corrected chi connectivity index (χ1v) is 5.30. The van der Waals surface area contributed by atoms with Crippen LogP contribution in [0.15, 0.2) is 33.9 Å². The van der Waals surface area contributed by atoms with E-state index >= 15 is 0 Å². The number of hydrogen-bond donors (Lipinski definition) is 2. The topological polar surface area (TPSA) is 90.1 Å². The Hall–Kier alpha value is -2.50. The molecule has 3 N–H and O–H groups in total. The van der Waals surface area contributed by atoms with Gasteiger partial charge in [-0.2, -0.15) is 0 Å². The lowest BCUT2D eigenvalue weighted by atomic mass is 10.2. The van der Waals surface area contributed by atoms with Gasteiger partial charge in [-0.1, -0.05) is 6.07 Å². The third-order valence-corrected chi connectivity index (χ3v) is 2.55. The summed E-state index contributed by atoms with van der Waals surface area (Å²) >= 11 is 0. The van der Waals surface area contributed by atoms with Crippen LogP contribution in [-0.4, -0.2) is 16.7 Å². The number of nitrogens with one attached hydrogen (secondary N) is 1. The highest BCUT2D eigenvalue weighted by molar-refractivity contribution is 5.52. The smallest absolute Gasteiger partial charge is 0.334 e. The van der Waals surface area contributed by atoms with Crippen molar-refractivity contribution in [3.05, 3.63) is 50.7 Å². The monoisotopic (exact) mass is 247 g/mol. The van der Waals surface area contributed by atoms with Crippen LogP contribution in [0, 0.1) is 6.92 Å². The highest BCUT2D eigenvalue weighted by atomic mass is 16.5. The van der Waals surface area contributed by atoms with Gasteiger partial charge in [-0.3, -0.25) is 9.78 Å². The number of nitrogen functional groups attached to an aromatic ring is 1. The number of nitrogens with zero attached hydrogens (tertiary/aromatic N) is 1. The van der Waals surface area contributed by atoms with Crippen molar-refractivity contribution < 1.29 is 4.74 Å². The maximum Gasteiger partial charge on any atom is 0.334 e. The lowest BCUT2D eigenvalue weighted by Crippen LogP contribution is -2.30. The van der Waals surface area contributed by atoms with E-state index in [4.69, 9.17) is 10.5 Å². The summed E-state index contributed by atoms with van der Waals surface area (Å²) in [5, 5.41) is 0. The van der Waals surface area contributed by atoms with Crippen LogP contribution in [-0.2, 0) is 0 Å². The molecule has 0 aliphatic rings. The minimum absolute atomic E-state index is 0.0626. The molecule has 1 heterocycles. The average Bonchev–Trinajstić information content (AvgIpc) is 2.28. The standard InChI is InChI=1S/C12H13N3O3/c1-7-3-4-9(18-2)8(5-7)15-10(13)6-11(16)14-12(15)17/h3-6H,13H2,1-2H3,(H,14,16,17). The number of ether oxygens (including phenoxy) is 1. The maximum atomic E-state index is 11.8. The molecule has 0 amide bonds. The first-order valence-electron chi connectivity index (χ1n) is 5.30. The van der Waals surface area contributed by atoms with Crippen molar-refractivity contribution in [2.45, 2.75) is 6.92 Å². The second-order valence-electron chi connectivity index (χ2n) is 3.87. The van der Waals surface area contributed by atoms with E-state index in [0.717, 1.165) is 11.6 Å². The molecule has 0 fully saturated rings. The zero-order valence-corrected chi connectivity index (χ0v) is 10.1. The number of benzene rings is 1. The number of methoxy groups -OCH3 is 1. The summed E-state index contributed by atoms with van der Waals surface area (Å²) < 4.78 is 6.39. The van der Waals surface area contributed by atoms with Gasteiger partial charge in [0.15, 0.2) is 0 Å². The minimum atomic E-state index is -0.594. The molecule has 1 aromatic carbocycles. The lowest BCUT2D eigenvalue weighted by molar-refractivity contribution is 0.412. The predicted molar refractivity (Wildman–Crippen MR) is 68.4 cm³/mol. The van der Waals surface area contributed by atoms with E-state index in [1.807, 2.05) is 13.0 Å². The van der Waals surface area contributed by atoms with Crippen LogP contribution in [0.3, 0.4) is 0 Å². The number of nitrogens with two attached hydrogens (primary N) is 1. The van der Waals surface area contributed by atoms with Crippen LogP contribution in [0.25, 0.3) is 5.69 Å². The SMILES string of the molecule is COc1ccc(C)cc1-n1c(N)cc(=O)[nH]c1=O. The lowest BCUT2D eigenvalue weighted by Gasteiger charge is -2.13. The molecule has 1 aromatic heterocycles. The van der Waals surface area contributed by atoms with Gasteiger partial charge in [0.05, 0.1) is 12.8 Å².